The maximum absolute atomic E-state index is 12.8. The zero-order valence-electron chi connectivity index (χ0n) is 15.2. The van der Waals surface area contributed by atoms with E-state index in [0.29, 0.717) is 17.1 Å². The molecule has 2 heterocycles. The first-order chi connectivity index (χ1) is 14.5. The Morgan fingerprint density at radius 2 is 1.83 bits per heavy atom. The Kier molecular flexibility index (Phi) is 4.72. The first-order valence-electron chi connectivity index (χ1n) is 8.67. The van der Waals surface area contributed by atoms with E-state index in [0.717, 1.165) is 4.90 Å². The Morgan fingerprint density at radius 3 is 2.63 bits per heavy atom. The number of allylic oxidation sites excluding steroid dienone is 2. The summed E-state index contributed by atoms with van der Waals surface area (Å²) in [6.45, 7) is 0.0268. The van der Waals surface area contributed by atoms with E-state index in [1.165, 1.54) is 48.6 Å². The molecule has 0 aromatic heterocycles. The molecule has 150 valence electrons. The topological polar surface area (TPSA) is 128 Å². The minimum atomic E-state index is -0.899. The molecular weight excluding hydrogens is 394 g/mol. The van der Waals surface area contributed by atoms with Gasteiger partial charge in [-0.1, -0.05) is 18.2 Å². The van der Waals surface area contributed by atoms with Gasteiger partial charge >= 0.3 is 6.03 Å². The SMILES string of the molecule is O=C1NC(=O)N(c2ccc3c(c2)OCO3)C(=O)/C1=C/C=C/c1ccccc1[N+](=O)[O-]. The minimum Gasteiger partial charge on any atom is -0.454 e. The average molecular weight is 407 g/mol. The third kappa shape index (κ3) is 3.37. The number of barbiturate groups is 1. The van der Waals surface area contributed by atoms with Crippen molar-refractivity contribution in [2.24, 2.45) is 0 Å². The van der Waals surface area contributed by atoms with Gasteiger partial charge in [0, 0.05) is 12.1 Å². The number of amides is 4. The number of carbonyl (C=O) groups excluding carboxylic acids is 3. The summed E-state index contributed by atoms with van der Waals surface area (Å²) in [5.41, 5.74) is 0.0698. The summed E-state index contributed by atoms with van der Waals surface area (Å²) in [6, 6.07) is 9.61. The molecule has 4 amide bonds. The number of carbonyl (C=O) groups is 3. The lowest BCUT2D eigenvalue weighted by Gasteiger charge is -2.26. The predicted molar refractivity (Wildman–Crippen MR) is 104 cm³/mol. The lowest BCUT2D eigenvalue weighted by molar-refractivity contribution is -0.385. The molecule has 4 rings (SSSR count). The maximum atomic E-state index is 12.8. The molecule has 0 bridgehead atoms. The van der Waals surface area contributed by atoms with Gasteiger partial charge < -0.3 is 9.47 Å². The Hall–Kier alpha value is -4.47. The largest absolute Gasteiger partial charge is 0.454 e. The number of fused-ring (bicyclic) bond motifs is 1. The number of ether oxygens (including phenoxy) is 2. The number of rotatable bonds is 4. The molecule has 2 aliphatic rings. The van der Waals surface area contributed by atoms with Crippen molar-refractivity contribution in [1.29, 1.82) is 0 Å². The first-order valence-corrected chi connectivity index (χ1v) is 8.67. The van der Waals surface area contributed by atoms with E-state index in [9.17, 15) is 24.5 Å². The highest BCUT2D eigenvalue weighted by atomic mass is 16.7. The lowest BCUT2D eigenvalue weighted by Crippen LogP contribution is -2.54. The number of benzene rings is 2. The lowest BCUT2D eigenvalue weighted by atomic mass is 10.1. The van der Waals surface area contributed by atoms with Gasteiger partial charge in [0.25, 0.3) is 17.5 Å². The number of imide groups is 2. The number of urea groups is 1. The monoisotopic (exact) mass is 407 g/mol. The normalized spacial score (nSPS) is 17.0. The standard InChI is InChI=1S/C20H13N3O7/c24-18-14(6-3-5-12-4-1-2-7-15(12)23(27)28)19(25)22(20(26)21-18)13-8-9-16-17(10-13)30-11-29-16/h1-10H,11H2,(H,21,24,26)/b5-3+,14-6+. The van der Waals surface area contributed by atoms with Gasteiger partial charge in [-0.25, -0.2) is 9.69 Å². The molecule has 10 nitrogen and oxygen atoms in total. The second kappa shape index (κ2) is 7.51. The van der Waals surface area contributed by atoms with Crippen LogP contribution in [0.1, 0.15) is 5.56 Å². The summed E-state index contributed by atoms with van der Waals surface area (Å²) in [7, 11) is 0. The van der Waals surface area contributed by atoms with Crippen LogP contribution in [0, 0.1) is 10.1 Å². The van der Waals surface area contributed by atoms with Gasteiger partial charge in [0.05, 0.1) is 16.2 Å². The van der Waals surface area contributed by atoms with E-state index >= 15 is 0 Å². The number of nitro groups is 1. The summed E-state index contributed by atoms with van der Waals surface area (Å²) >= 11 is 0. The molecule has 2 aliphatic heterocycles. The Labute approximate surface area is 169 Å². The predicted octanol–water partition coefficient (Wildman–Crippen LogP) is 2.55. The number of nitro benzene ring substituents is 1. The van der Waals surface area contributed by atoms with Crippen LogP contribution < -0.4 is 19.7 Å². The van der Waals surface area contributed by atoms with Crippen molar-refractivity contribution in [3.8, 4) is 11.5 Å². The fourth-order valence-corrected chi connectivity index (χ4v) is 2.98. The van der Waals surface area contributed by atoms with Crippen molar-refractivity contribution >= 4 is 35.3 Å². The van der Waals surface area contributed by atoms with Crippen LogP contribution in [0.5, 0.6) is 11.5 Å². The second-order valence-corrected chi connectivity index (χ2v) is 6.19. The third-order valence-electron chi connectivity index (χ3n) is 4.39. The number of hydrogen-bond acceptors (Lipinski definition) is 7. The molecule has 10 heteroatoms. The van der Waals surface area contributed by atoms with Crippen LogP contribution in [-0.4, -0.2) is 29.6 Å². The van der Waals surface area contributed by atoms with Crippen molar-refractivity contribution < 1.29 is 28.8 Å². The molecule has 30 heavy (non-hydrogen) atoms. The number of nitrogens with zero attached hydrogens (tertiary/aromatic N) is 2. The average Bonchev–Trinajstić information content (AvgIpc) is 3.18. The Balaban J connectivity index is 1.64. The first kappa shape index (κ1) is 18.9. The quantitative estimate of drug-likeness (QED) is 0.357. The van der Waals surface area contributed by atoms with Gasteiger partial charge in [0.1, 0.15) is 5.57 Å². The van der Waals surface area contributed by atoms with Gasteiger partial charge in [-0.2, -0.15) is 0 Å². The maximum Gasteiger partial charge on any atom is 0.335 e. The molecule has 0 unspecified atom stereocenters. The van der Waals surface area contributed by atoms with Crippen molar-refractivity contribution in [2.75, 3.05) is 11.7 Å². The molecule has 1 fully saturated rings. The zero-order valence-corrected chi connectivity index (χ0v) is 15.2. The fourth-order valence-electron chi connectivity index (χ4n) is 2.98. The van der Waals surface area contributed by atoms with E-state index in [2.05, 4.69) is 5.32 Å². The molecule has 0 aliphatic carbocycles. The van der Waals surface area contributed by atoms with Crippen molar-refractivity contribution in [3.05, 3.63) is 75.9 Å². The van der Waals surface area contributed by atoms with Crippen LogP contribution in [0.2, 0.25) is 0 Å². The minimum absolute atomic E-state index is 0.0268. The molecule has 1 saturated heterocycles. The molecule has 0 saturated carbocycles. The number of para-hydroxylation sites is 1. The van der Waals surface area contributed by atoms with E-state index in [1.54, 1.807) is 12.1 Å². The summed E-state index contributed by atoms with van der Waals surface area (Å²) < 4.78 is 10.5. The Morgan fingerprint density at radius 1 is 1.07 bits per heavy atom. The van der Waals surface area contributed by atoms with Crippen molar-refractivity contribution in [2.45, 2.75) is 0 Å². The van der Waals surface area contributed by atoms with Gasteiger partial charge in [-0.05, 0) is 30.4 Å². The second-order valence-electron chi connectivity index (χ2n) is 6.19. The van der Waals surface area contributed by atoms with E-state index in [-0.39, 0.29) is 23.7 Å². The molecular formula is C20H13N3O7. The van der Waals surface area contributed by atoms with Gasteiger partial charge in [0.2, 0.25) is 6.79 Å². The fraction of sp³-hybridized carbons (Fsp3) is 0.0500. The summed E-state index contributed by atoms with van der Waals surface area (Å²) in [5.74, 6) is -0.862. The summed E-state index contributed by atoms with van der Waals surface area (Å²) in [6.07, 6.45) is 3.93. The van der Waals surface area contributed by atoms with Crippen molar-refractivity contribution in [3.63, 3.8) is 0 Å². The smallest absolute Gasteiger partial charge is 0.335 e. The highest BCUT2D eigenvalue weighted by Gasteiger charge is 2.37. The number of hydrogen-bond donors (Lipinski definition) is 1. The Bertz CT molecular complexity index is 1150. The highest BCUT2D eigenvalue weighted by Crippen LogP contribution is 2.36. The van der Waals surface area contributed by atoms with Crippen LogP contribution in [0.4, 0.5) is 16.2 Å². The van der Waals surface area contributed by atoms with Crippen LogP contribution in [0.3, 0.4) is 0 Å². The highest BCUT2D eigenvalue weighted by molar-refractivity contribution is 6.37. The summed E-state index contributed by atoms with van der Waals surface area (Å²) in [5, 5.41) is 13.2. The van der Waals surface area contributed by atoms with E-state index in [4.69, 9.17) is 9.47 Å². The van der Waals surface area contributed by atoms with Crippen molar-refractivity contribution in [1.82, 2.24) is 5.32 Å². The molecule has 0 spiro atoms. The molecule has 1 N–H and O–H groups in total. The number of nitrogens with one attached hydrogen (secondary N) is 1. The zero-order chi connectivity index (χ0) is 21.3. The van der Waals surface area contributed by atoms with Crippen LogP contribution >= 0.6 is 0 Å². The van der Waals surface area contributed by atoms with E-state index in [1.807, 2.05) is 0 Å². The number of anilines is 1. The third-order valence-corrected chi connectivity index (χ3v) is 4.39. The molecule has 2 aromatic rings. The van der Waals surface area contributed by atoms with E-state index < -0.39 is 22.8 Å². The van der Waals surface area contributed by atoms with Crippen LogP contribution in [0.25, 0.3) is 6.08 Å². The molecule has 2 aromatic carbocycles. The van der Waals surface area contributed by atoms with Crippen LogP contribution in [0.15, 0.2) is 60.2 Å². The van der Waals surface area contributed by atoms with Gasteiger partial charge in [-0.3, -0.25) is 25.0 Å². The van der Waals surface area contributed by atoms with Gasteiger partial charge in [-0.15, -0.1) is 0 Å². The summed E-state index contributed by atoms with van der Waals surface area (Å²) in [4.78, 5) is 48.6. The molecule has 0 atom stereocenters. The van der Waals surface area contributed by atoms with Crippen LogP contribution in [-0.2, 0) is 9.59 Å². The molecule has 0 radical (unpaired) electrons. The van der Waals surface area contributed by atoms with Gasteiger partial charge in [0.15, 0.2) is 11.5 Å².